The molecule has 148 heavy (non-hydrogen) atoms. The second kappa shape index (κ2) is 38.7. The lowest BCUT2D eigenvalue weighted by molar-refractivity contribution is 0.485. The Hall–Kier alpha value is -16.7. The van der Waals surface area contributed by atoms with E-state index in [0.717, 1.165) is 97.1 Å². The van der Waals surface area contributed by atoms with E-state index < -0.39 is 0 Å². The molecular formula is C128H106Br2N12O6. The Balaban J connectivity index is 0.000000132. The highest BCUT2D eigenvalue weighted by Gasteiger charge is 2.27. The number of aromatic hydroxyl groups is 6. The quantitative estimate of drug-likeness (QED) is 0.0893. The number of fused-ring (bicyclic) bond motifs is 27. The summed E-state index contributed by atoms with van der Waals surface area (Å²) in [7, 11) is 0. The molecule has 0 saturated carbocycles. The second-order valence-electron chi connectivity index (χ2n) is 41.7. The van der Waals surface area contributed by atoms with Gasteiger partial charge in [0.15, 0.2) is 0 Å². The van der Waals surface area contributed by atoms with Gasteiger partial charge < -0.3 is 30.6 Å². The molecule has 9 heterocycles. The van der Waals surface area contributed by atoms with Crippen LogP contribution in [0.3, 0.4) is 0 Å². The number of hydrogen-bond donors (Lipinski definition) is 6. The monoisotopic (exact) mass is 2060 g/mol. The van der Waals surface area contributed by atoms with E-state index in [1.807, 2.05) is 267 Å². The lowest BCUT2D eigenvalue weighted by atomic mass is 9.85. The van der Waals surface area contributed by atoms with E-state index in [9.17, 15) is 30.6 Å². The summed E-state index contributed by atoms with van der Waals surface area (Å²) < 4.78 is 1.56. The number of aryl methyl sites for hydroxylation is 2. The Morgan fingerprint density at radius 2 is 0.419 bits per heavy atom. The van der Waals surface area contributed by atoms with Crippen LogP contribution in [-0.2, 0) is 34.5 Å². The zero-order valence-electron chi connectivity index (χ0n) is 84.4. The topological polar surface area (TPSA) is 276 Å². The van der Waals surface area contributed by atoms with Crippen molar-refractivity contribution in [2.75, 3.05) is 0 Å². The molecule has 23 aromatic rings. The molecule has 0 spiro atoms. The highest BCUT2D eigenvalue weighted by Crippen LogP contribution is 2.46. The highest BCUT2D eigenvalue weighted by molar-refractivity contribution is 9.10. The third-order valence-electron chi connectivity index (χ3n) is 27.5. The molecule has 14 aromatic carbocycles. The Labute approximate surface area is 871 Å². The van der Waals surface area contributed by atoms with Gasteiger partial charge in [-0.2, -0.15) is 0 Å². The number of rotatable bonds is 4. The van der Waals surface area contributed by atoms with Crippen molar-refractivity contribution in [2.24, 2.45) is 0 Å². The van der Waals surface area contributed by atoms with Gasteiger partial charge in [0.05, 0.1) is 122 Å². The van der Waals surface area contributed by atoms with Crippen LogP contribution >= 0.6 is 31.9 Å². The molecule has 728 valence electrons. The van der Waals surface area contributed by atoms with Gasteiger partial charge in [0.1, 0.15) is 34.5 Å². The molecule has 0 amide bonds. The van der Waals surface area contributed by atoms with Crippen LogP contribution in [0.2, 0.25) is 0 Å². The van der Waals surface area contributed by atoms with Crippen LogP contribution in [0.4, 0.5) is 0 Å². The van der Waals surface area contributed by atoms with Crippen LogP contribution in [-0.4, -0.2) is 90.4 Å². The maximum atomic E-state index is 12.5. The van der Waals surface area contributed by atoms with Crippen LogP contribution in [0.5, 0.6) is 34.5 Å². The zero-order chi connectivity index (χ0) is 103. The van der Waals surface area contributed by atoms with Crippen molar-refractivity contribution < 1.29 is 30.6 Å². The number of para-hydroxylation sites is 6. The fourth-order valence-electron chi connectivity index (χ4n) is 19.1. The van der Waals surface area contributed by atoms with E-state index in [0.29, 0.717) is 177 Å². The van der Waals surface area contributed by atoms with Gasteiger partial charge in [-0.1, -0.05) is 299 Å². The van der Waals surface area contributed by atoms with Crippen LogP contribution in [0.25, 0.3) is 219 Å². The first-order valence-corrected chi connectivity index (χ1v) is 51.1. The largest absolute Gasteiger partial charge is 0.507 e. The molecule has 6 N–H and O–H groups in total. The SMILES string of the molecule is CC(C)(C)c1cc2c(-c3ccccc3)nc3ccccc3nc(-c3ccccc3)c3cc(C(C)(C)C)cc(c3O)c3ccc4ccc5ccc(nc5c4n3)c(c1)c2O.CCc1nc2ccccc2nc(CC)c2cc(C(C)(C)C)cc(c2O)c2ccc3ccc4ccc(nc4c3n2)c2cc(C(C)(C)C)cc1c2O.Oc1c2cnc3ccccc3ncc3cc(Br)cc(c3O)c3ccc4ccc5ccc(nc5c4n3)c1cc(Br)c2. The second-order valence-corrected chi connectivity index (χ2v) is 43.6. The lowest BCUT2D eigenvalue weighted by Gasteiger charge is -2.21. The molecular weight excluding hydrogens is 1960 g/mol. The van der Waals surface area contributed by atoms with Crippen molar-refractivity contribution in [3.63, 3.8) is 0 Å². The third kappa shape index (κ3) is 18.9. The minimum atomic E-state index is -0.274. The van der Waals surface area contributed by atoms with Crippen molar-refractivity contribution in [1.29, 1.82) is 0 Å². The molecule has 0 radical (unpaired) electrons. The molecule has 0 aliphatic carbocycles. The summed E-state index contributed by atoms with van der Waals surface area (Å²) in [5.41, 5.74) is 19.3. The number of aromatic nitrogens is 12. The van der Waals surface area contributed by atoms with Gasteiger partial charge in [0.2, 0.25) is 0 Å². The minimum absolute atomic E-state index is 0.0690. The van der Waals surface area contributed by atoms with E-state index >= 15 is 0 Å². The fourth-order valence-corrected chi connectivity index (χ4v) is 20.0. The predicted molar refractivity (Wildman–Crippen MR) is 617 cm³/mol. The van der Waals surface area contributed by atoms with Crippen LogP contribution in [0.15, 0.2) is 337 Å². The van der Waals surface area contributed by atoms with Crippen molar-refractivity contribution in [3.8, 4) is 57.0 Å². The Bertz CT molecular complexity index is 9330. The maximum absolute atomic E-state index is 12.5. The number of phenols is 6. The van der Waals surface area contributed by atoms with Crippen LogP contribution in [0, 0.1) is 0 Å². The fraction of sp³-hybridized carbons (Fsp3) is 0.156. The summed E-state index contributed by atoms with van der Waals surface area (Å²) in [6, 6.07) is 103. The predicted octanol–water partition coefficient (Wildman–Crippen LogP) is 33.0. The van der Waals surface area contributed by atoms with Crippen molar-refractivity contribution in [1.82, 2.24) is 59.8 Å². The average molecular weight is 2070 g/mol. The minimum Gasteiger partial charge on any atom is -0.507 e. The first kappa shape index (κ1) is 97.4. The van der Waals surface area contributed by atoms with E-state index in [1.54, 1.807) is 24.5 Å². The van der Waals surface area contributed by atoms with Crippen LogP contribution < -0.4 is 0 Å². The van der Waals surface area contributed by atoms with E-state index in [1.165, 1.54) is 0 Å². The third-order valence-corrected chi connectivity index (χ3v) is 28.4. The first-order valence-electron chi connectivity index (χ1n) is 49.5. The number of phenolic OH excluding ortho intramolecular Hbond substituents is 6. The van der Waals surface area contributed by atoms with Gasteiger partial charge in [-0.05, 0) is 202 Å². The van der Waals surface area contributed by atoms with Crippen molar-refractivity contribution in [2.45, 2.75) is 131 Å². The summed E-state index contributed by atoms with van der Waals surface area (Å²) in [4.78, 5) is 61.4. The number of halogens is 2. The van der Waals surface area contributed by atoms with E-state index in [2.05, 4.69) is 175 Å². The number of pyridine rings is 6. The van der Waals surface area contributed by atoms with Crippen molar-refractivity contribution >= 4 is 228 Å². The van der Waals surface area contributed by atoms with Gasteiger partial charge in [-0.15, -0.1) is 0 Å². The normalized spacial score (nSPS) is 12.0. The van der Waals surface area contributed by atoms with Gasteiger partial charge in [-0.25, -0.2) is 39.9 Å². The smallest absolute Gasteiger partial charge is 0.134 e. The first-order chi connectivity index (χ1) is 71.0. The van der Waals surface area contributed by atoms with E-state index in [4.69, 9.17) is 49.8 Å². The Kier molecular flexibility index (Phi) is 25.5. The summed E-state index contributed by atoms with van der Waals surface area (Å²) in [5.74, 6) is 0.589. The molecule has 18 nitrogen and oxygen atoms in total. The van der Waals surface area contributed by atoms with Gasteiger partial charge in [0, 0.05) is 129 Å². The molecule has 23 rings (SSSR count). The molecule has 0 unspecified atom stereocenters. The average Bonchev–Trinajstić information content (AvgIpc) is 0.748. The number of benzene rings is 14. The summed E-state index contributed by atoms with van der Waals surface area (Å²) in [6.45, 7) is 30.2. The molecule has 0 fully saturated rings. The maximum Gasteiger partial charge on any atom is 0.134 e. The molecule has 0 saturated heterocycles. The Morgan fingerprint density at radius 1 is 0.203 bits per heavy atom. The standard InChI is InChI=1S/C52H44N4O2.C44H44N4O2.C32H18Br2N4O2/c1-51(2,3)35-27-37-41-25-23-33-21-22-34-24-26-42(54-48(34)47(33)53-41)38-28-36(52(4,5)6)30-40(50(38)58)46(32-17-11-8-12-18-32)56-44-20-14-13-19-43(44)55-45(39(29-35)49(37)57)31-15-9-7-10-16-31;1-9-33-29-21-27(43(3,4)5)23-31(41(29)49)35-19-17-25-15-16-26-18-20-36(48-40(26)39(25)47-35)32-24-28(44(6,7)8)22-30(42(32)50)34(10-2)46-38-14-12-11-13-37(38)45-33;33-21-11-19-15-35-27-3-1-2-4-28(27)36-16-20-12-22(34)14-24(32(20)40)26-10-8-18-6-5-17-7-9-25(23(13-21)31(19)39)37-29(17)30(18)38-26/h7-30,57-58H,1-6H3;11-24,49-50H,9-10H2,1-8H3;1-16,39-40H. The molecule has 9 aromatic heterocycles. The summed E-state index contributed by atoms with van der Waals surface area (Å²) in [5, 5.41) is 84.4. The zero-order valence-corrected chi connectivity index (χ0v) is 87.6. The van der Waals surface area contributed by atoms with Gasteiger partial charge in [0.25, 0.3) is 0 Å². The lowest BCUT2D eigenvalue weighted by Crippen LogP contribution is -2.11. The highest BCUT2D eigenvalue weighted by atomic mass is 79.9. The van der Waals surface area contributed by atoms with Gasteiger partial charge in [-0.3, -0.25) is 19.9 Å². The number of hydrogen-bond acceptors (Lipinski definition) is 18. The summed E-state index contributed by atoms with van der Waals surface area (Å²) >= 11 is 7.17. The number of nitrogens with zero attached hydrogens (tertiary/aromatic N) is 12. The van der Waals surface area contributed by atoms with Crippen LogP contribution in [0.1, 0.15) is 131 Å². The Morgan fingerprint density at radius 3 is 0.676 bits per heavy atom. The molecule has 0 aliphatic heterocycles. The molecule has 0 aliphatic rings. The van der Waals surface area contributed by atoms with Crippen molar-refractivity contribution in [3.05, 3.63) is 370 Å². The molecule has 20 heteroatoms. The van der Waals surface area contributed by atoms with Gasteiger partial charge >= 0.3 is 0 Å². The molecule has 24 bridgehead atoms. The molecule has 0 atom stereocenters. The van der Waals surface area contributed by atoms with E-state index in [-0.39, 0.29) is 56.2 Å². The summed E-state index contributed by atoms with van der Waals surface area (Å²) in [6.07, 6.45) is 4.39.